The molecule has 0 aromatic rings. The Labute approximate surface area is 417 Å². The van der Waals surface area contributed by atoms with Crippen molar-refractivity contribution in [3.05, 3.63) is 166 Å². The first-order valence-electron chi connectivity index (χ1n) is 28.9. The third-order valence-corrected chi connectivity index (χ3v) is 19.9. The van der Waals surface area contributed by atoms with Crippen LogP contribution in [0.1, 0.15) is 180 Å². The van der Waals surface area contributed by atoms with Gasteiger partial charge in [0.05, 0.1) is 17.2 Å². The van der Waals surface area contributed by atoms with Gasteiger partial charge in [-0.2, -0.15) is 0 Å². The average Bonchev–Trinajstić information content (AvgIpc) is 3.89. The van der Waals surface area contributed by atoms with E-state index < -0.39 is 0 Å². The van der Waals surface area contributed by atoms with Crippen LogP contribution in [-0.2, 0) is 4.74 Å². The van der Waals surface area contributed by atoms with Crippen molar-refractivity contribution in [3.63, 3.8) is 0 Å². The molecule has 0 amide bonds. The Bertz CT molecular complexity index is 2440. The van der Waals surface area contributed by atoms with Gasteiger partial charge in [-0.25, -0.2) is 0 Å². The second-order valence-electron chi connectivity index (χ2n) is 23.8. The Kier molecular flexibility index (Phi) is 13.1. The van der Waals surface area contributed by atoms with Gasteiger partial charge in [0.1, 0.15) is 6.10 Å². The van der Waals surface area contributed by atoms with E-state index in [1.165, 1.54) is 153 Å². The van der Waals surface area contributed by atoms with Crippen molar-refractivity contribution in [3.8, 4) is 0 Å². The summed E-state index contributed by atoms with van der Waals surface area (Å²) >= 11 is 0. The molecule has 1 aliphatic heterocycles. The van der Waals surface area contributed by atoms with E-state index in [4.69, 9.17) is 4.74 Å². The second kappa shape index (κ2) is 19.8. The molecule has 11 aliphatic carbocycles. The molecule has 1 saturated carbocycles. The molecule has 1 saturated heterocycles. The first-order valence-corrected chi connectivity index (χ1v) is 28.9. The van der Waals surface area contributed by atoms with Crippen molar-refractivity contribution >= 4 is 0 Å². The van der Waals surface area contributed by atoms with E-state index in [0.717, 1.165) is 43.9 Å². The number of hydrogen-bond acceptors (Lipinski definition) is 3. The van der Waals surface area contributed by atoms with E-state index in [0.29, 0.717) is 36.0 Å². The molecule has 8 unspecified atom stereocenters. The topological polar surface area (TPSA) is 15.7 Å². The summed E-state index contributed by atoms with van der Waals surface area (Å²) in [6.07, 6.45) is 69.2. The molecule has 8 atom stereocenters. The molecule has 0 spiro atoms. The number of rotatable bonds is 11. The summed E-state index contributed by atoms with van der Waals surface area (Å²) in [6.45, 7) is 10.7. The third kappa shape index (κ3) is 8.44. The molecule has 0 radical (unpaired) electrons. The highest BCUT2D eigenvalue weighted by Gasteiger charge is 2.54. The minimum atomic E-state index is -0.0135. The van der Waals surface area contributed by atoms with Crippen LogP contribution in [0, 0.1) is 29.1 Å². The third-order valence-electron chi connectivity index (χ3n) is 19.9. The minimum absolute atomic E-state index is 0.0135. The summed E-state index contributed by atoms with van der Waals surface area (Å²) in [6, 6.07) is 2.22. The SMILES string of the molecule is C=CC1=CC=C(OC2CC=C(C3(C4=CCCCC4)C4=C(C=CC(N(C5=CCCCC5)C5CCC(C6=CC7C8=CCCC=C8N(C8C=CC(C=C)CC8)C7CC6)CC5)C4)C4=C3CCC(C)C4)CC2)CC1. The maximum absolute atomic E-state index is 6.80. The Hall–Kier alpha value is -4.24. The zero-order valence-electron chi connectivity index (χ0n) is 42.6. The summed E-state index contributed by atoms with van der Waals surface area (Å²) in [5.74, 6) is 3.79. The quantitative estimate of drug-likeness (QED) is 0.192. The first kappa shape index (κ1) is 45.9. The molecule has 364 valence electrons. The second-order valence-corrected chi connectivity index (χ2v) is 23.8. The zero-order valence-corrected chi connectivity index (χ0v) is 42.6. The standard InChI is InChI=1S/C66H84N2O/c1-4-46-21-30-54(31-22-46)68-64-19-13-12-18-59(64)61-43-49(27-41-65(61)68)48-25-32-53(33-26-48)67(52-16-10-7-11-17-52)55-34-39-58-60-42-45(3)20-40-62(60)66(63(58)44-55,50-14-8-6-9-15-50)51-28-37-57(38-29-51)69-56-35-23-47(5-2)24-36-56/h4-5,14,16,18-19,21,23,28,30,34-35,39,43,45-46,48,53-55,57,61,65H,1-2,6-13,15,17,20,22,24-27,29,31-33,36-38,40-42,44H2,3H3. The van der Waals surface area contributed by atoms with Crippen LogP contribution in [0.5, 0.6) is 0 Å². The molecule has 0 N–H and O–H groups in total. The van der Waals surface area contributed by atoms with Gasteiger partial charge < -0.3 is 14.5 Å². The summed E-state index contributed by atoms with van der Waals surface area (Å²) in [5, 5.41) is 0. The highest BCUT2D eigenvalue weighted by atomic mass is 16.5. The first-order chi connectivity index (χ1) is 34.0. The van der Waals surface area contributed by atoms with Crippen LogP contribution in [-0.4, -0.2) is 40.1 Å². The molecule has 12 rings (SSSR count). The Morgan fingerprint density at radius 2 is 1.57 bits per heavy atom. The van der Waals surface area contributed by atoms with Gasteiger partial charge in [-0.3, -0.25) is 0 Å². The largest absolute Gasteiger partial charge is 0.494 e. The van der Waals surface area contributed by atoms with Gasteiger partial charge in [0.2, 0.25) is 0 Å². The minimum Gasteiger partial charge on any atom is -0.494 e. The molecular weight excluding hydrogens is 837 g/mol. The van der Waals surface area contributed by atoms with Crippen LogP contribution in [0.2, 0.25) is 0 Å². The van der Waals surface area contributed by atoms with E-state index in [1.54, 1.807) is 39.3 Å². The molecule has 1 heterocycles. The number of fused-ring (bicyclic) bond motifs is 4. The number of allylic oxidation sites excluding steroid dienone is 20. The van der Waals surface area contributed by atoms with Gasteiger partial charge in [0.15, 0.2) is 0 Å². The molecule has 0 bridgehead atoms. The van der Waals surface area contributed by atoms with E-state index in [-0.39, 0.29) is 11.5 Å². The number of ether oxygens (including phenoxy) is 1. The fourth-order valence-electron chi connectivity index (χ4n) is 16.5. The van der Waals surface area contributed by atoms with Crippen molar-refractivity contribution < 1.29 is 4.74 Å². The fraction of sp³-hybridized carbons (Fsp3) is 0.576. The summed E-state index contributed by atoms with van der Waals surface area (Å²) < 4.78 is 6.80. The lowest BCUT2D eigenvalue weighted by atomic mass is 9.58. The molecule has 3 nitrogen and oxygen atoms in total. The van der Waals surface area contributed by atoms with Crippen molar-refractivity contribution in [2.24, 2.45) is 29.1 Å². The van der Waals surface area contributed by atoms with Crippen LogP contribution in [0.3, 0.4) is 0 Å². The lowest BCUT2D eigenvalue weighted by Crippen LogP contribution is -2.46. The average molecular weight is 921 g/mol. The van der Waals surface area contributed by atoms with Crippen molar-refractivity contribution in [1.82, 2.24) is 9.80 Å². The Morgan fingerprint density at radius 3 is 2.30 bits per heavy atom. The maximum Gasteiger partial charge on any atom is 0.102 e. The Morgan fingerprint density at radius 1 is 0.710 bits per heavy atom. The van der Waals surface area contributed by atoms with Crippen LogP contribution in [0.4, 0.5) is 0 Å². The summed E-state index contributed by atoms with van der Waals surface area (Å²) in [5.41, 5.74) is 18.6. The van der Waals surface area contributed by atoms with Crippen molar-refractivity contribution in [2.75, 3.05) is 0 Å². The van der Waals surface area contributed by atoms with Crippen LogP contribution >= 0.6 is 0 Å². The predicted molar refractivity (Wildman–Crippen MR) is 288 cm³/mol. The monoisotopic (exact) mass is 921 g/mol. The van der Waals surface area contributed by atoms with Gasteiger partial charge in [0, 0.05) is 48.3 Å². The van der Waals surface area contributed by atoms with E-state index in [9.17, 15) is 0 Å². The Balaban J connectivity index is 0.815. The van der Waals surface area contributed by atoms with E-state index in [1.807, 2.05) is 22.8 Å². The molecular formula is C66H84N2O. The molecule has 12 aliphatic rings. The highest BCUT2D eigenvalue weighted by Crippen LogP contribution is 2.65. The number of hydrogen-bond donors (Lipinski definition) is 0. The summed E-state index contributed by atoms with van der Waals surface area (Å²) in [4.78, 5) is 5.97. The van der Waals surface area contributed by atoms with Gasteiger partial charge >= 0.3 is 0 Å². The molecule has 2 fully saturated rings. The van der Waals surface area contributed by atoms with E-state index >= 15 is 0 Å². The predicted octanol–water partition coefficient (Wildman–Crippen LogP) is 17.0. The van der Waals surface area contributed by atoms with Gasteiger partial charge in [-0.15, -0.1) is 6.58 Å². The lowest BCUT2D eigenvalue weighted by molar-refractivity contribution is 0.0978. The molecule has 0 aromatic carbocycles. The smallest absolute Gasteiger partial charge is 0.102 e. The van der Waals surface area contributed by atoms with Crippen LogP contribution in [0.15, 0.2) is 166 Å². The fourth-order valence-corrected chi connectivity index (χ4v) is 16.5. The molecule has 69 heavy (non-hydrogen) atoms. The van der Waals surface area contributed by atoms with Crippen molar-refractivity contribution in [2.45, 2.75) is 211 Å². The van der Waals surface area contributed by atoms with Gasteiger partial charge in [-0.05, 0) is 218 Å². The summed E-state index contributed by atoms with van der Waals surface area (Å²) in [7, 11) is 0. The zero-order chi connectivity index (χ0) is 46.5. The van der Waals surface area contributed by atoms with Crippen molar-refractivity contribution in [1.29, 1.82) is 0 Å². The van der Waals surface area contributed by atoms with Gasteiger partial charge in [-0.1, -0.05) is 109 Å². The van der Waals surface area contributed by atoms with E-state index in [2.05, 4.69) is 109 Å². The molecule has 0 aromatic heterocycles. The number of nitrogens with zero attached hydrogens (tertiary/aromatic N) is 2. The van der Waals surface area contributed by atoms with Gasteiger partial charge in [0.25, 0.3) is 0 Å². The normalized spacial score (nSPS) is 36.5. The molecule has 3 heteroatoms. The van der Waals surface area contributed by atoms with Crippen LogP contribution < -0.4 is 0 Å². The highest BCUT2D eigenvalue weighted by molar-refractivity contribution is 5.69. The maximum atomic E-state index is 6.80. The van der Waals surface area contributed by atoms with Crippen LogP contribution in [0.25, 0.3) is 0 Å². The number of likely N-dealkylation sites (tertiary alicyclic amines) is 1. The lowest BCUT2D eigenvalue weighted by Gasteiger charge is -2.49.